The summed E-state index contributed by atoms with van der Waals surface area (Å²) in [6.07, 6.45) is 11.3. The van der Waals surface area contributed by atoms with Crippen LogP contribution in [0.3, 0.4) is 0 Å². The largest absolute Gasteiger partial charge is 0.115 e. The Bertz CT molecular complexity index is 871. The summed E-state index contributed by atoms with van der Waals surface area (Å²) in [5.74, 6) is 5.53. The van der Waals surface area contributed by atoms with E-state index in [-0.39, 0.29) is 0 Å². The van der Waals surface area contributed by atoms with Crippen LogP contribution < -0.4 is 0 Å². The highest BCUT2D eigenvalue weighted by Crippen LogP contribution is 2.31. The van der Waals surface area contributed by atoms with Crippen LogP contribution in [0, 0.1) is 31.6 Å². The fourth-order valence-corrected chi connectivity index (χ4v) is 2.82. The molecule has 0 heteroatoms. The lowest BCUT2D eigenvalue weighted by Gasteiger charge is -2.11. The van der Waals surface area contributed by atoms with Crippen molar-refractivity contribution in [1.29, 1.82) is 0 Å². The lowest BCUT2D eigenvalue weighted by Crippen LogP contribution is -1.89. The van der Waals surface area contributed by atoms with Crippen LogP contribution in [0.2, 0.25) is 0 Å². The maximum Gasteiger partial charge on any atom is 0.0321 e. The average molecular weight is 292 g/mol. The molecule has 0 spiro atoms. The van der Waals surface area contributed by atoms with Crippen molar-refractivity contribution in [3.8, 4) is 46.9 Å². The lowest BCUT2D eigenvalue weighted by atomic mass is 9.92. The summed E-state index contributed by atoms with van der Waals surface area (Å²) in [4.78, 5) is 0. The molecule has 0 saturated carbocycles. The first-order valence-electron chi connectivity index (χ1n) is 7.46. The zero-order chi connectivity index (χ0) is 16.2. The SMILES string of the molecule is C#Cc1ccccc1-c1cc(C)cc(-c2ccccc2C#C)c1. The third-order valence-corrected chi connectivity index (χ3v) is 3.86. The molecule has 0 atom stereocenters. The Kier molecular flexibility index (Phi) is 4.01. The zero-order valence-electron chi connectivity index (χ0n) is 13.0. The van der Waals surface area contributed by atoms with Crippen molar-refractivity contribution in [2.45, 2.75) is 6.92 Å². The number of terminal acetylenes is 2. The van der Waals surface area contributed by atoms with E-state index < -0.39 is 0 Å². The molecule has 0 aromatic heterocycles. The smallest absolute Gasteiger partial charge is 0.0321 e. The van der Waals surface area contributed by atoms with Crippen molar-refractivity contribution >= 4 is 0 Å². The van der Waals surface area contributed by atoms with Gasteiger partial charge in [0.25, 0.3) is 0 Å². The van der Waals surface area contributed by atoms with E-state index in [9.17, 15) is 0 Å². The molecule has 3 aromatic carbocycles. The first-order valence-corrected chi connectivity index (χ1v) is 7.46. The Labute approximate surface area is 137 Å². The molecule has 0 saturated heterocycles. The second-order valence-electron chi connectivity index (χ2n) is 5.47. The van der Waals surface area contributed by atoms with Crippen molar-refractivity contribution in [1.82, 2.24) is 0 Å². The van der Waals surface area contributed by atoms with Crippen LogP contribution in [0.1, 0.15) is 16.7 Å². The van der Waals surface area contributed by atoms with Gasteiger partial charge in [-0.2, -0.15) is 0 Å². The third kappa shape index (κ3) is 2.89. The lowest BCUT2D eigenvalue weighted by molar-refractivity contribution is 1.45. The number of hydrogen-bond donors (Lipinski definition) is 0. The van der Waals surface area contributed by atoms with Gasteiger partial charge in [-0.05, 0) is 52.9 Å². The molecule has 0 nitrogen and oxygen atoms in total. The minimum absolute atomic E-state index is 0.897. The van der Waals surface area contributed by atoms with Crippen molar-refractivity contribution in [2.75, 3.05) is 0 Å². The van der Waals surface area contributed by atoms with Gasteiger partial charge in [-0.1, -0.05) is 60.4 Å². The predicted octanol–water partition coefficient (Wildman–Crippen LogP) is 5.29. The molecule has 0 bridgehead atoms. The zero-order valence-corrected chi connectivity index (χ0v) is 13.0. The quantitative estimate of drug-likeness (QED) is 0.563. The second-order valence-corrected chi connectivity index (χ2v) is 5.47. The van der Waals surface area contributed by atoms with Gasteiger partial charge in [-0.25, -0.2) is 0 Å². The highest BCUT2D eigenvalue weighted by atomic mass is 14.1. The standard InChI is InChI=1S/C23H16/c1-4-18-10-6-8-12-22(18)20-14-17(3)15-21(16-20)23-13-9-7-11-19(23)5-2/h1-2,6-16H,3H3. The van der Waals surface area contributed by atoms with Crippen molar-refractivity contribution < 1.29 is 0 Å². The molecule has 0 unspecified atom stereocenters. The molecule has 0 aliphatic carbocycles. The van der Waals surface area contributed by atoms with E-state index >= 15 is 0 Å². The molecular weight excluding hydrogens is 276 g/mol. The molecule has 0 amide bonds. The fraction of sp³-hybridized carbons (Fsp3) is 0.0435. The number of benzene rings is 3. The molecule has 0 aliphatic rings. The van der Waals surface area contributed by atoms with Gasteiger partial charge in [-0.15, -0.1) is 12.8 Å². The first kappa shape index (κ1) is 14.7. The Balaban J connectivity index is 2.22. The Morgan fingerprint density at radius 2 is 1.09 bits per heavy atom. The summed E-state index contributed by atoms with van der Waals surface area (Å²) in [6, 6.07) is 22.4. The molecule has 3 rings (SSSR count). The molecule has 108 valence electrons. The van der Waals surface area contributed by atoms with Gasteiger partial charge < -0.3 is 0 Å². The van der Waals surface area contributed by atoms with E-state index in [1.54, 1.807) is 0 Å². The average Bonchev–Trinajstić information content (AvgIpc) is 2.61. The van der Waals surface area contributed by atoms with Gasteiger partial charge in [0, 0.05) is 11.1 Å². The molecule has 0 heterocycles. The molecule has 0 N–H and O–H groups in total. The molecule has 0 fully saturated rings. The maximum atomic E-state index is 5.64. The second kappa shape index (κ2) is 6.27. The van der Waals surface area contributed by atoms with Crippen molar-refractivity contribution in [3.63, 3.8) is 0 Å². The van der Waals surface area contributed by atoms with Crippen LogP contribution in [-0.2, 0) is 0 Å². The topological polar surface area (TPSA) is 0 Å². The van der Waals surface area contributed by atoms with E-state index in [2.05, 4.69) is 49.1 Å². The molecular formula is C23H16. The Hall–Kier alpha value is -3.22. The Morgan fingerprint density at radius 1 is 0.652 bits per heavy atom. The molecule has 3 aromatic rings. The van der Waals surface area contributed by atoms with E-state index in [0.717, 1.165) is 33.4 Å². The first-order chi connectivity index (χ1) is 11.2. The highest BCUT2D eigenvalue weighted by Gasteiger charge is 2.08. The van der Waals surface area contributed by atoms with Crippen LogP contribution >= 0.6 is 0 Å². The summed E-state index contributed by atoms with van der Waals surface area (Å²) in [7, 11) is 0. The van der Waals surface area contributed by atoms with Crippen LogP contribution in [0.15, 0.2) is 66.7 Å². The normalized spacial score (nSPS) is 9.87. The van der Waals surface area contributed by atoms with E-state index in [1.165, 1.54) is 5.56 Å². The third-order valence-electron chi connectivity index (χ3n) is 3.86. The summed E-state index contributed by atoms with van der Waals surface area (Å²) >= 11 is 0. The number of aryl methyl sites for hydroxylation is 1. The van der Waals surface area contributed by atoms with Gasteiger partial charge in [0.2, 0.25) is 0 Å². The van der Waals surface area contributed by atoms with Crippen LogP contribution in [0.4, 0.5) is 0 Å². The molecule has 0 radical (unpaired) electrons. The number of hydrogen-bond acceptors (Lipinski definition) is 0. The van der Waals surface area contributed by atoms with E-state index in [1.807, 2.05) is 36.4 Å². The summed E-state index contributed by atoms with van der Waals surface area (Å²) < 4.78 is 0. The van der Waals surface area contributed by atoms with Gasteiger partial charge in [0.15, 0.2) is 0 Å². The van der Waals surface area contributed by atoms with Crippen LogP contribution in [0.25, 0.3) is 22.3 Å². The highest BCUT2D eigenvalue weighted by molar-refractivity contribution is 5.79. The summed E-state index contributed by atoms with van der Waals surface area (Å²) in [6.45, 7) is 2.09. The van der Waals surface area contributed by atoms with E-state index in [0.29, 0.717) is 0 Å². The van der Waals surface area contributed by atoms with Gasteiger partial charge in [0.05, 0.1) is 0 Å². The minimum Gasteiger partial charge on any atom is -0.115 e. The van der Waals surface area contributed by atoms with Crippen molar-refractivity contribution in [2.24, 2.45) is 0 Å². The van der Waals surface area contributed by atoms with Gasteiger partial charge in [-0.3, -0.25) is 0 Å². The van der Waals surface area contributed by atoms with Gasteiger partial charge in [0.1, 0.15) is 0 Å². The summed E-state index contributed by atoms with van der Waals surface area (Å²) in [5.41, 5.74) is 7.33. The summed E-state index contributed by atoms with van der Waals surface area (Å²) in [5, 5.41) is 0. The minimum atomic E-state index is 0.897. The fourth-order valence-electron chi connectivity index (χ4n) is 2.82. The van der Waals surface area contributed by atoms with E-state index in [4.69, 9.17) is 12.8 Å². The van der Waals surface area contributed by atoms with Crippen LogP contribution in [0.5, 0.6) is 0 Å². The Morgan fingerprint density at radius 3 is 1.52 bits per heavy atom. The number of rotatable bonds is 2. The maximum absolute atomic E-state index is 5.64. The van der Waals surface area contributed by atoms with Crippen molar-refractivity contribution in [3.05, 3.63) is 83.4 Å². The monoisotopic (exact) mass is 292 g/mol. The van der Waals surface area contributed by atoms with Gasteiger partial charge >= 0.3 is 0 Å². The van der Waals surface area contributed by atoms with Crippen LogP contribution in [-0.4, -0.2) is 0 Å². The predicted molar refractivity (Wildman–Crippen MR) is 97.9 cm³/mol. The molecule has 0 aliphatic heterocycles. The molecule has 23 heavy (non-hydrogen) atoms.